The van der Waals surface area contributed by atoms with Gasteiger partial charge in [0.1, 0.15) is 6.61 Å². The molecule has 0 bridgehead atoms. The lowest BCUT2D eigenvalue weighted by Gasteiger charge is -2.02. The van der Waals surface area contributed by atoms with E-state index in [9.17, 15) is 8.78 Å². The summed E-state index contributed by atoms with van der Waals surface area (Å²) < 4.78 is 24.7. The van der Waals surface area contributed by atoms with E-state index in [0.717, 1.165) is 16.7 Å². The molecule has 0 spiro atoms. The second-order valence-electron chi connectivity index (χ2n) is 4.46. The van der Waals surface area contributed by atoms with Crippen LogP contribution in [0.1, 0.15) is 28.7 Å². The van der Waals surface area contributed by atoms with Crippen molar-refractivity contribution in [3.63, 3.8) is 0 Å². The molecule has 0 atom stereocenters. The Hall–Kier alpha value is -2.23. The smallest absolute Gasteiger partial charge is 0.263 e. The van der Waals surface area contributed by atoms with Crippen LogP contribution in [0.5, 0.6) is 0 Å². The molecule has 0 fully saturated rings. The number of hydrogen-bond donors (Lipinski definition) is 0. The van der Waals surface area contributed by atoms with E-state index >= 15 is 0 Å². The van der Waals surface area contributed by atoms with Crippen LogP contribution in [0.25, 0.3) is 0 Å². The summed E-state index contributed by atoms with van der Waals surface area (Å²) in [7, 11) is 0. The van der Waals surface area contributed by atoms with Crippen molar-refractivity contribution in [1.82, 2.24) is 0 Å². The molecule has 2 nitrogen and oxygen atoms in total. The molecule has 0 saturated heterocycles. The largest absolute Gasteiger partial charge is 0.391 e. The van der Waals surface area contributed by atoms with Crippen LogP contribution in [0.3, 0.4) is 0 Å². The Kier molecular flexibility index (Phi) is 4.82. The molecule has 104 valence electrons. The molecule has 2 aromatic rings. The number of oxime groups is 1. The first-order valence-electron chi connectivity index (χ1n) is 6.24. The molecule has 0 aliphatic carbocycles. The van der Waals surface area contributed by atoms with Crippen molar-refractivity contribution in [1.29, 1.82) is 0 Å². The maximum Gasteiger partial charge on any atom is 0.263 e. The Morgan fingerprint density at radius 1 is 1.15 bits per heavy atom. The molecule has 0 N–H and O–H groups in total. The first-order chi connectivity index (χ1) is 9.65. The van der Waals surface area contributed by atoms with Crippen molar-refractivity contribution < 1.29 is 13.6 Å². The van der Waals surface area contributed by atoms with E-state index in [2.05, 4.69) is 5.16 Å². The van der Waals surface area contributed by atoms with Gasteiger partial charge in [-0.2, -0.15) is 0 Å². The van der Waals surface area contributed by atoms with E-state index in [4.69, 9.17) is 4.84 Å². The van der Waals surface area contributed by atoms with Gasteiger partial charge in [-0.15, -0.1) is 0 Å². The van der Waals surface area contributed by atoms with E-state index in [1.807, 2.05) is 31.2 Å². The lowest BCUT2D eigenvalue weighted by atomic mass is 10.1. The minimum Gasteiger partial charge on any atom is -0.391 e. The van der Waals surface area contributed by atoms with Crippen LogP contribution < -0.4 is 0 Å². The Bertz CT molecular complexity index is 579. The molecule has 0 aromatic heterocycles. The molecule has 0 saturated carbocycles. The van der Waals surface area contributed by atoms with Crippen molar-refractivity contribution in [2.75, 3.05) is 0 Å². The zero-order valence-electron chi connectivity index (χ0n) is 11.1. The van der Waals surface area contributed by atoms with Crippen LogP contribution in [0.4, 0.5) is 8.78 Å². The van der Waals surface area contributed by atoms with Gasteiger partial charge in [0.15, 0.2) is 0 Å². The van der Waals surface area contributed by atoms with Crippen molar-refractivity contribution in [2.24, 2.45) is 5.16 Å². The van der Waals surface area contributed by atoms with Crippen LogP contribution in [0.2, 0.25) is 0 Å². The summed E-state index contributed by atoms with van der Waals surface area (Å²) in [5.41, 5.74) is 2.92. The molecular formula is C16H15F2NO. The van der Waals surface area contributed by atoms with E-state index in [-0.39, 0.29) is 12.2 Å². The quantitative estimate of drug-likeness (QED) is 0.582. The third-order valence-corrected chi connectivity index (χ3v) is 2.78. The molecule has 2 aromatic carbocycles. The van der Waals surface area contributed by atoms with Gasteiger partial charge in [0.25, 0.3) is 6.43 Å². The highest BCUT2D eigenvalue weighted by atomic mass is 19.3. The zero-order valence-corrected chi connectivity index (χ0v) is 11.1. The number of aryl methyl sites for hydroxylation is 1. The Balaban J connectivity index is 1.86. The molecule has 0 unspecified atom stereocenters. The number of nitrogens with zero attached hydrogens (tertiary/aromatic N) is 1. The van der Waals surface area contributed by atoms with Crippen LogP contribution in [-0.2, 0) is 11.4 Å². The summed E-state index contributed by atoms with van der Waals surface area (Å²) >= 11 is 0. The highest BCUT2D eigenvalue weighted by molar-refractivity contribution is 5.79. The minimum atomic E-state index is -2.44. The van der Waals surface area contributed by atoms with Gasteiger partial charge < -0.3 is 4.84 Å². The van der Waals surface area contributed by atoms with E-state index in [1.54, 1.807) is 18.3 Å². The maximum atomic E-state index is 12.4. The van der Waals surface area contributed by atoms with Gasteiger partial charge in [0.2, 0.25) is 0 Å². The van der Waals surface area contributed by atoms with Crippen LogP contribution in [0, 0.1) is 6.92 Å². The van der Waals surface area contributed by atoms with E-state index in [0.29, 0.717) is 0 Å². The molecular weight excluding hydrogens is 260 g/mol. The van der Waals surface area contributed by atoms with Crippen LogP contribution >= 0.6 is 0 Å². The summed E-state index contributed by atoms with van der Waals surface area (Å²) in [5, 5.41) is 3.86. The molecule has 20 heavy (non-hydrogen) atoms. The van der Waals surface area contributed by atoms with Crippen molar-refractivity contribution in [3.8, 4) is 0 Å². The molecule has 4 heteroatoms. The third-order valence-electron chi connectivity index (χ3n) is 2.78. The normalized spacial score (nSPS) is 11.2. The average molecular weight is 275 g/mol. The predicted octanol–water partition coefficient (Wildman–Crippen LogP) is 4.48. The first-order valence-corrected chi connectivity index (χ1v) is 6.24. The molecule has 0 heterocycles. The maximum absolute atomic E-state index is 12.4. The molecule has 0 aliphatic heterocycles. The Morgan fingerprint density at radius 2 is 1.90 bits per heavy atom. The fraction of sp³-hybridized carbons (Fsp3) is 0.188. The van der Waals surface area contributed by atoms with Gasteiger partial charge in [0, 0.05) is 5.56 Å². The second kappa shape index (κ2) is 6.80. The fourth-order valence-electron chi connectivity index (χ4n) is 1.72. The number of hydrogen-bond acceptors (Lipinski definition) is 2. The lowest BCUT2D eigenvalue weighted by Crippen LogP contribution is -1.90. The topological polar surface area (TPSA) is 21.6 Å². The first kappa shape index (κ1) is 14.2. The predicted molar refractivity (Wildman–Crippen MR) is 75.0 cm³/mol. The van der Waals surface area contributed by atoms with Gasteiger partial charge >= 0.3 is 0 Å². The molecule has 2 rings (SSSR count). The van der Waals surface area contributed by atoms with Gasteiger partial charge in [0.05, 0.1) is 6.21 Å². The second-order valence-corrected chi connectivity index (χ2v) is 4.46. The lowest BCUT2D eigenvalue weighted by molar-refractivity contribution is 0.131. The van der Waals surface area contributed by atoms with Crippen molar-refractivity contribution in [2.45, 2.75) is 20.0 Å². The number of rotatable bonds is 5. The monoisotopic (exact) mass is 275 g/mol. The van der Waals surface area contributed by atoms with Crippen molar-refractivity contribution in [3.05, 3.63) is 70.8 Å². The Morgan fingerprint density at radius 3 is 2.55 bits per heavy atom. The summed E-state index contributed by atoms with van der Waals surface area (Å²) in [5.74, 6) is 0. The number of alkyl halides is 2. The van der Waals surface area contributed by atoms with E-state index in [1.165, 1.54) is 12.1 Å². The van der Waals surface area contributed by atoms with E-state index < -0.39 is 6.43 Å². The highest BCUT2D eigenvalue weighted by Gasteiger charge is 2.05. The molecule has 0 radical (unpaired) electrons. The minimum absolute atomic E-state index is 0.0111. The number of halogens is 2. The van der Waals surface area contributed by atoms with Gasteiger partial charge in [-0.1, -0.05) is 59.3 Å². The number of benzene rings is 2. The Labute approximate surface area is 116 Å². The van der Waals surface area contributed by atoms with Gasteiger partial charge in [-0.25, -0.2) is 8.78 Å². The summed E-state index contributed by atoms with van der Waals surface area (Å²) in [6, 6.07) is 13.9. The summed E-state index contributed by atoms with van der Waals surface area (Å²) in [6.07, 6.45) is -0.815. The van der Waals surface area contributed by atoms with Crippen LogP contribution in [0.15, 0.2) is 53.7 Å². The van der Waals surface area contributed by atoms with Gasteiger partial charge in [-0.05, 0) is 18.1 Å². The van der Waals surface area contributed by atoms with Crippen molar-refractivity contribution >= 4 is 6.21 Å². The summed E-state index contributed by atoms with van der Waals surface area (Å²) in [4.78, 5) is 5.15. The van der Waals surface area contributed by atoms with Gasteiger partial charge in [-0.3, -0.25) is 0 Å². The summed E-state index contributed by atoms with van der Waals surface area (Å²) in [6.45, 7) is 2.26. The average Bonchev–Trinajstić information content (AvgIpc) is 2.44. The molecule has 0 aliphatic rings. The SMILES string of the molecule is Cc1cccc(C=NOCc2ccc(C(F)F)cc2)c1. The van der Waals surface area contributed by atoms with Crippen LogP contribution in [-0.4, -0.2) is 6.21 Å². The molecule has 0 amide bonds. The standard InChI is InChI=1S/C16H15F2NO/c1-12-3-2-4-14(9-12)10-19-20-11-13-5-7-15(8-6-13)16(17)18/h2-10,16H,11H2,1H3. The zero-order chi connectivity index (χ0) is 14.4. The third kappa shape index (κ3) is 4.16. The highest BCUT2D eigenvalue weighted by Crippen LogP contribution is 2.18. The fourth-order valence-corrected chi connectivity index (χ4v) is 1.72.